The summed E-state index contributed by atoms with van der Waals surface area (Å²) in [5.74, 6) is 3.98. The standard InChI is InChI=1S/C28H50N2O/c1-18(2)19-10-14-26(31-6)17-16-25(5)20(23(19)26)8-9-22-27(29)13-7-12-24(3,4)21(27)11-15-28(22,25)30/h18-23H,7-17,29-30H2,1-6H3/t19-,20?,21-,22+,23+,25+,26-,27+,28-/m0/s1. The third kappa shape index (κ3) is 2.75. The Labute approximate surface area is 191 Å². The number of hydrogen-bond acceptors (Lipinski definition) is 3. The van der Waals surface area contributed by atoms with E-state index in [-0.39, 0.29) is 22.1 Å². The van der Waals surface area contributed by atoms with Gasteiger partial charge in [-0.1, -0.05) is 41.0 Å². The van der Waals surface area contributed by atoms with E-state index in [1.54, 1.807) is 0 Å². The van der Waals surface area contributed by atoms with Crippen molar-refractivity contribution >= 4 is 0 Å². The van der Waals surface area contributed by atoms with Crippen LogP contribution in [-0.2, 0) is 4.74 Å². The second-order valence-electron chi connectivity index (χ2n) is 14.0. The van der Waals surface area contributed by atoms with Crippen LogP contribution in [0.3, 0.4) is 0 Å². The lowest BCUT2D eigenvalue weighted by atomic mass is 9.36. The highest BCUT2D eigenvalue weighted by Crippen LogP contribution is 2.71. The number of nitrogens with two attached hydrogens (primary N) is 2. The predicted octanol–water partition coefficient (Wildman–Crippen LogP) is 5.90. The minimum absolute atomic E-state index is 0.0638. The Hall–Kier alpha value is -0.120. The molecule has 31 heavy (non-hydrogen) atoms. The molecule has 0 saturated heterocycles. The van der Waals surface area contributed by atoms with E-state index < -0.39 is 0 Å². The summed E-state index contributed by atoms with van der Waals surface area (Å²) < 4.78 is 6.41. The second-order valence-corrected chi connectivity index (χ2v) is 14.0. The van der Waals surface area contributed by atoms with E-state index in [0.717, 1.165) is 11.8 Å². The van der Waals surface area contributed by atoms with Gasteiger partial charge in [-0.15, -0.1) is 0 Å². The molecule has 0 heterocycles. The molecule has 0 amide bonds. The lowest BCUT2D eigenvalue weighted by molar-refractivity contribution is -0.207. The van der Waals surface area contributed by atoms with Gasteiger partial charge in [-0.05, 0) is 111 Å². The smallest absolute Gasteiger partial charge is 0.0712 e. The summed E-state index contributed by atoms with van der Waals surface area (Å²) >= 11 is 0. The van der Waals surface area contributed by atoms with Crippen LogP contribution in [0.5, 0.6) is 0 Å². The molecule has 1 unspecified atom stereocenters. The number of rotatable bonds is 2. The molecule has 0 radical (unpaired) electrons. The number of ether oxygens (including phenoxy) is 1. The van der Waals surface area contributed by atoms with Crippen molar-refractivity contribution in [3.05, 3.63) is 0 Å². The third-order valence-electron chi connectivity index (χ3n) is 12.5. The highest BCUT2D eigenvalue weighted by Gasteiger charge is 2.71. The first-order valence-corrected chi connectivity index (χ1v) is 13.6. The van der Waals surface area contributed by atoms with Crippen molar-refractivity contribution in [2.75, 3.05) is 7.11 Å². The van der Waals surface area contributed by atoms with Gasteiger partial charge in [-0.3, -0.25) is 0 Å². The van der Waals surface area contributed by atoms with E-state index in [0.29, 0.717) is 29.1 Å². The molecule has 5 aliphatic rings. The van der Waals surface area contributed by atoms with Crippen molar-refractivity contribution in [2.45, 2.75) is 122 Å². The van der Waals surface area contributed by atoms with E-state index in [1.165, 1.54) is 70.6 Å². The predicted molar refractivity (Wildman–Crippen MR) is 129 cm³/mol. The van der Waals surface area contributed by atoms with Crippen LogP contribution in [0.25, 0.3) is 0 Å². The summed E-state index contributed by atoms with van der Waals surface area (Å²) in [6, 6.07) is 0. The zero-order valence-electron chi connectivity index (χ0n) is 21.3. The SMILES string of the molecule is CO[C@]12CC[C@@H](C(C)C)[C@@H]1C1CC[C@@H]3[C@@]4(N)CCCC(C)(C)[C@@H]4CC[C@@]3(N)[C@]1(C)CC2. The monoisotopic (exact) mass is 430 g/mol. The van der Waals surface area contributed by atoms with E-state index >= 15 is 0 Å². The van der Waals surface area contributed by atoms with Gasteiger partial charge < -0.3 is 16.2 Å². The number of hydrogen-bond donors (Lipinski definition) is 2. The molecule has 9 atom stereocenters. The van der Waals surface area contributed by atoms with Crippen LogP contribution in [0.4, 0.5) is 0 Å². The van der Waals surface area contributed by atoms with Crippen LogP contribution in [0, 0.1) is 46.3 Å². The third-order valence-corrected chi connectivity index (χ3v) is 12.5. The van der Waals surface area contributed by atoms with Crippen LogP contribution in [0.2, 0.25) is 0 Å². The van der Waals surface area contributed by atoms with Crippen molar-refractivity contribution in [1.29, 1.82) is 0 Å². The molecule has 3 heteroatoms. The van der Waals surface area contributed by atoms with E-state index in [2.05, 4.69) is 34.6 Å². The topological polar surface area (TPSA) is 61.3 Å². The Morgan fingerprint density at radius 1 is 0.806 bits per heavy atom. The molecule has 5 saturated carbocycles. The Balaban J connectivity index is 1.55. The second kappa shape index (κ2) is 6.95. The molecule has 0 aromatic rings. The molecule has 5 fully saturated rings. The van der Waals surface area contributed by atoms with Crippen LogP contribution in [-0.4, -0.2) is 23.8 Å². The summed E-state index contributed by atoms with van der Waals surface area (Å²) in [7, 11) is 1.99. The van der Waals surface area contributed by atoms with Crippen molar-refractivity contribution in [1.82, 2.24) is 0 Å². The molecule has 4 N–H and O–H groups in total. The normalized spacial score (nSPS) is 55.8. The van der Waals surface area contributed by atoms with E-state index in [9.17, 15) is 0 Å². The van der Waals surface area contributed by atoms with Crippen molar-refractivity contribution < 1.29 is 4.74 Å². The molecule has 0 aromatic carbocycles. The molecular weight excluding hydrogens is 380 g/mol. The number of methoxy groups -OCH3 is 1. The number of fused-ring (bicyclic) bond motifs is 7. The summed E-state index contributed by atoms with van der Waals surface area (Å²) in [5, 5.41) is 0. The van der Waals surface area contributed by atoms with Gasteiger partial charge in [-0.25, -0.2) is 0 Å². The lowest BCUT2D eigenvalue weighted by Gasteiger charge is -2.71. The maximum Gasteiger partial charge on any atom is 0.0712 e. The zero-order chi connectivity index (χ0) is 22.4. The molecule has 5 aliphatic carbocycles. The van der Waals surface area contributed by atoms with Crippen LogP contribution < -0.4 is 11.5 Å². The highest BCUT2D eigenvalue weighted by atomic mass is 16.5. The Morgan fingerprint density at radius 2 is 1.55 bits per heavy atom. The van der Waals surface area contributed by atoms with Crippen molar-refractivity contribution in [3.63, 3.8) is 0 Å². The van der Waals surface area contributed by atoms with E-state index in [1.807, 2.05) is 7.11 Å². The maximum atomic E-state index is 7.70. The highest BCUT2D eigenvalue weighted by molar-refractivity contribution is 5.25. The minimum atomic E-state index is -0.112. The van der Waals surface area contributed by atoms with Gasteiger partial charge in [0.15, 0.2) is 0 Å². The van der Waals surface area contributed by atoms with Gasteiger partial charge in [0.25, 0.3) is 0 Å². The van der Waals surface area contributed by atoms with Crippen LogP contribution in [0.15, 0.2) is 0 Å². The van der Waals surface area contributed by atoms with Gasteiger partial charge in [0.2, 0.25) is 0 Å². The summed E-state index contributed by atoms with van der Waals surface area (Å²) in [6.07, 6.45) is 13.8. The van der Waals surface area contributed by atoms with Gasteiger partial charge >= 0.3 is 0 Å². The molecule has 0 aliphatic heterocycles. The van der Waals surface area contributed by atoms with Crippen LogP contribution in [0.1, 0.15) is 105 Å². The van der Waals surface area contributed by atoms with Gasteiger partial charge in [0.1, 0.15) is 0 Å². The summed E-state index contributed by atoms with van der Waals surface area (Å²) in [5.41, 5.74) is 15.7. The Morgan fingerprint density at radius 3 is 2.23 bits per heavy atom. The molecular formula is C28H50N2O. The molecule has 0 spiro atoms. The Bertz CT molecular complexity index is 720. The van der Waals surface area contributed by atoms with E-state index in [4.69, 9.17) is 16.2 Å². The molecule has 0 bridgehead atoms. The first kappa shape index (κ1) is 22.7. The minimum Gasteiger partial charge on any atom is -0.378 e. The van der Waals surface area contributed by atoms with Gasteiger partial charge in [-0.2, -0.15) is 0 Å². The largest absolute Gasteiger partial charge is 0.378 e. The molecule has 178 valence electrons. The quantitative estimate of drug-likeness (QED) is 0.574. The molecule has 5 rings (SSSR count). The average Bonchev–Trinajstić information content (AvgIpc) is 3.08. The van der Waals surface area contributed by atoms with Crippen LogP contribution >= 0.6 is 0 Å². The van der Waals surface area contributed by atoms with Gasteiger partial charge in [0.05, 0.1) is 5.60 Å². The van der Waals surface area contributed by atoms with Crippen molar-refractivity contribution in [3.8, 4) is 0 Å². The molecule has 3 nitrogen and oxygen atoms in total. The Kier molecular flexibility index (Phi) is 5.08. The first-order valence-electron chi connectivity index (χ1n) is 13.6. The fraction of sp³-hybridized carbons (Fsp3) is 1.00. The maximum absolute atomic E-state index is 7.70. The molecule has 0 aromatic heterocycles. The van der Waals surface area contributed by atoms with Gasteiger partial charge in [0, 0.05) is 18.2 Å². The first-order chi connectivity index (χ1) is 14.5. The fourth-order valence-electron chi connectivity index (χ4n) is 10.9. The summed E-state index contributed by atoms with van der Waals surface area (Å²) in [6.45, 7) is 12.4. The average molecular weight is 431 g/mol. The summed E-state index contributed by atoms with van der Waals surface area (Å²) in [4.78, 5) is 0. The zero-order valence-corrected chi connectivity index (χ0v) is 21.3. The lowest BCUT2D eigenvalue weighted by Crippen LogP contribution is -2.78. The van der Waals surface area contributed by atoms with Crippen molar-refractivity contribution in [2.24, 2.45) is 57.8 Å². The fourth-order valence-corrected chi connectivity index (χ4v) is 10.9.